The monoisotopic (exact) mass is 840 g/mol. The molecule has 0 bridgehead atoms. The molecule has 0 atom stereocenters. The van der Waals surface area contributed by atoms with Crippen molar-refractivity contribution in [2.75, 3.05) is 0 Å². The lowest BCUT2D eigenvalue weighted by atomic mass is 9.83. The number of nitrogens with zero attached hydrogens (tertiary/aromatic N) is 2. The van der Waals surface area contributed by atoms with Crippen molar-refractivity contribution in [2.24, 2.45) is 0 Å². The Bertz CT molecular complexity index is 3950. The van der Waals surface area contributed by atoms with Crippen LogP contribution < -0.4 is 0 Å². The fraction of sp³-hybridized carbons (Fsp3) is 0.125. The molecule has 66 heavy (non-hydrogen) atoms. The lowest BCUT2D eigenvalue weighted by Crippen LogP contribution is -2.10. The first-order valence-corrected chi connectivity index (χ1v) is 23.0. The molecule has 310 valence electrons. The van der Waals surface area contributed by atoms with Gasteiger partial charge in [-0.25, -0.2) is 0 Å². The van der Waals surface area contributed by atoms with E-state index in [1.54, 1.807) is 0 Å². The number of hydrogen-bond acceptors (Lipinski definition) is 2. The van der Waals surface area contributed by atoms with Gasteiger partial charge >= 0.3 is 0 Å². The van der Waals surface area contributed by atoms with Crippen molar-refractivity contribution in [3.05, 3.63) is 180 Å². The van der Waals surface area contributed by atoms with Gasteiger partial charge in [0.1, 0.15) is 0 Å². The van der Waals surface area contributed by atoms with Crippen LogP contribution in [-0.2, 0) is 10.8 Å². The zero-order valence-electron chi connectivity index (χ0n) is 37.9. The first-order chi connectivity index (χ1) is 31.8. The third kappa shape index (κ3) is 5.52. The number of rotatable bonds is 2. The molecule has 13 rings (SSSR count). The quantitative estimate of drug-likeness (QED) is 0.163. The highest BCUT2D eigenvalue weighted by Gasteiger charge is 2.21. The van der Waals surface area contributed by atoms with Gasteiger partial charge in [0.25, 0.3) is 0 Å². The van der Waals surface area contributed by atoms with Gasteiger partial charge in [-0.05, 0) is 190 Å². The summed E-state index contributed by atoms with van der Waals surface area (Å²) in [7, 11) is 0. The van der Waals surface area contributed by atoms with E-state index in [1.165, 1.54) is 75.8 Å². The van der Waals surface area contributed by atoms with E-state index in [1.807, 2.05) is 12.1 Å². The van der Waals surface area contributed by atoms with Crippen molar-refractivity contribution >= 4 is 108 Å². The summed E-state index contributed by atoms with van der Waals surface area (Å²) in [6.07, 6.45) is 0. The molecule has 0 aliphatic heterocycles. The SMILES string of the molecule is CC(C)(C)c1cc2ccc3cc(-c4ccc5c(C#N)cc6ccc7cc(C#N)c8ccc(-c9cc%10ccc%11cc(C(C)(C)C)cc%12ccc(c9)c%10c%11%12)cc8c7c6c5c4)cc4ccc(c1)c2c34. The summed E-state index contributed by atoms with van der Waals surface area (Å²) in [6.45, 7) is 13.7. The predicted molar refractivity (Wildman–Crippen MR) is 282 cm³/mol. The topological polar surface area (TPSA) is 47.6 Å². The molecular weight excluding hydrogens is 797 g/mol. The van der Waals surface area contributed by atoms with E-state index in [4.69, 9.17) is 0 Å². The van der Waals surface area contributed by atoms with Crippen LogP contribution in [0.5, 0.6) is 0 Å². The molecule has 0 saturated carbocycles. The molecule has 0 aromatic heterocycles. The second-order valence-corrected chi connectivity index (χ2v) is 20.8. The van der Waals surface area contributed by atoms with E-state index in [0.717, 1.165) is 65.3 Å². The van der Waals surface area contributed by atoms with Crippen LogP contribution in [0.3, 0.4) is 0 Å². The lowest BCUT2D eigenvalue weighted by Gasteiger charge is -2.21. The average molecular weight is 841 g/mol. The summed E-state index contributed by atoms with van der Waals surface area (Å²) in [6, 6.07) is 63.5. The minimum atomic E-state index is 0.0596. The molecule has 13 aromatic carbocycles. The lowest BCUT2D eigenvalue weighted by molar-refractivity contribution is 0.591. The van der Waals surface area contributed by atoms with Crippen molar-refractivity contribution in [1.82, 2.24) is 0 Å². The minimum Gasteiger partial charge on any atom is -0.192 e. The predicted octanol–water partition coefficient (Wildman–Crippen LogP) is 17.8. The Labute approximate surface area is 383 Å². The molecule has 0 unspecified atom stereocenters. The van der Waals surface area contributed by atoms with Crippen LogP contribution in [0.25, 0.3) is 130 Å². The Morgan fingerprint density at radius 3 is 0.818 bits per heavy atom. The molecule has 0 amide bonds. The van der Waals surface area contributed by atoms with Crippen molar-refractivity contribution in [2.45, 2.75) is 52.4 Å². The van der Waals surface area contributed by atoms with Gasteiger partial charge in [-0.15, -0.1) is 0 Å². The van der Waals surface area contributed by atoms with Crippen LogP contribution in [0, 0.1) is 22.7 Å². The number of nitriles is 2. The van der Waals surface area contributed by atoms with E-state index in [9.17, 15) is 10.5 Å². The van der Waals surface area contributed by atoms with E-state index in [0.29, 0.717) is 11.1 Å². The van der Waals surface area contributed by atoms with Gasteiger partial charge in [0.15, 0.2) is 0 Å². The fourth-order valence-corrected chi connectivity index (χ4v) is 11.3. The van der Waals surface area contributed by atoms with Gasteiger partial charge in [-0.3, -0.25) is 0 Å². The van der Waals surface area contributed by atoms with Crippen LogP contribution in [0.1, 0.15) is 63.8 Å². The average Bonchev–Trinajstić information content (AvgIpc) is 3.32. The van der Waals surface area contributed by atoms with Crippen LogP contribution in [0.4, 0.5) is 0 Å². The molecule has 0 radical (unpaired) electrons. The van der Waals surface area contributed by atoms with E-state index in [2.05, 4.69) is 199 Å². The van der Waals surface area contributed by atoms with Gasteiger partial charge in [0, 0.05) is 10.8 Å². The molecule has 0 N–H and O–H groups in total. The van der Waals surface area contributed by atoms with E-state index >= 15 is 0 Å². The highest BCUT2D eigenvalue weighted by Crippen LogP contribution is 2.45. The van der Waals surface area contributed by atoms with Crippen molar-refractivity contribution < 1.29 is 0 Å². The molecule has 13 aromatic rings. The molecular formula is C64H44N2. The second kappa shape index (κ2) is 13.3. The summed E-state index contributed by atoms with van der Waals surface area (Å²) in [5.41, 5.74) is 8.57. The molecule has 2 nitrogen and oxygen atoms in total. The number of fused-ring (bicyclic) bond motifs is 7. The Morgan fingerprint density at radius 2 is 0.545 bits per heavy atom. The smallest absolute Gasteiger partial charge is 0.0998 e. The van der Waals surface area contributed by atoms with Crippen molar-refractivity contribution in [3.63, 3.8) is 0 Å². The van der Waals surface area contributed by atoms with Gasteiger partial charge in [-0.1, -0.05) is 151 Å². The minimum absolute atomic E-state index is 0.0596. The largest absolute Gasteiger partial charge is 0.192 e. The maximum absolute atomic E-state index is 10.6. The summed E-state index contributed by atoms with van der Waals surface area (Å²) in [5.74, 6) is 0. The molecule has 0 heterocycles. The summed E-state index contributed by atoms with van der Waals surface area (Å²) in [5, 5.41) is 44.4. The Kier molecular flexibility index (Phi) is 7.72. The van der Waals surface area contributed by atoms with Crippen molar-refractivity contribution in [1.29, 1.82) is 10.5 Å². The van der Waals surface area contributed by atoms with E-state index in [-0.39, 0.29) is 10.8 Å². The van der Waals surface area contributed by atoms with E-state index < -0.39 is 0 Å². The van der Waals surface area contributed by atoms with Crippen LogP contribution in [0.2, 0.25) is 0 Å². The summed E-state index contributed by atoms with van der Waals surface area (Å²) in [4.78, 5) is 0. The van der Waals surface area contributed by atoms with Gasteiger partial charge in [0.05, 0.1) is 23.3 Å². The molecule has 0 spiro atoms. The zero-order chi connectivity index (χ0) is 45.0. The third-order valence-electron chi connectivity index (χ3n) is 14.7. The Morgan fingerprint density at radius 1 is 0.273 bits per heavy atom. The zero-order valence-corrected chi connectivity index (χ0v) is 37.9. The normalized spacial score (nSPS) is 12.7. The molecule has 0 aliphatic rings. The van der Waals surface area contributed by atoms with Crippen LogP contribution in [-0.4, -0.2) is 0 Å². The maximum atomic E-state index is 10.6. The van der Waals surface area contributed by atoms with Gasteiger partial charge in [0.2, 0.25) is 0 Å². The fourth-order valence-electron chi connectivity index (χ4n) is 11.3. The second-order valence-electron chi connectivity index (χ2n) is 20.8. The van der Waals surface area contributed by atoms with Crippen LogP contribution >= 0.6 is 0 Å². The third-order valence-corrected chi connectivity index (χ3v) is 14.7. The molecule has 2 heteroatoms. The highest BCUT2D eigenvalue weighted by atomic mass is 14.3. The summed E-state index contributed by atoms with van der Waals surface area (Å²) < 4.78 is 0. The van der Waals surface area contributed by atoms with Gasteiger partial charge < -0.3 is 0 Å². The maximum Gasteiger partial charge on any atom is 0.0998 e. The number of benzene rings is 13. The Balaban J connectivity index is 1.03. The highest BCUT2D eigenvalue weighted by molar-refractivity contribution is 6.30. The van der Waals surface area contributed by atoms with Crippen LogP contribution in [0.15, 0.2) is 158 Å². The Hall–Kier alpha value is -8.04. The van der Waals surface area contributed by atoms with Gasteiger partial charge in [-0.2, -0.15) is 10.5 Å². The first-order valence-electron chi connectivity index (χ1n) is 23.0. The standard InChI is InChI=1S/C64H44N2/c1-63(2,3)51-27-43-13-7-37-21-47(22-38-8-14-44(28-51)59(43)57(37)38)35-17-19-53-49(33-65)25-41-11-12-42-26-50(34-66)54-20-18-36(32-56(54)62(42)61(41)55(53)31-35)48-23-39-9-15-45-29-52(64(4,5)6)30-46-16-10-40(24-48)58(39)60(45)46/h7-32H,1-6H3. The summed E-state index contributed by atoms with van der Waals surface area (Å²) >= 11 is 0. The molecule has 0 aliphatic carbocycles. The van der Waals surface area contributed by atoms with Crippen molar-refractivity contribution in [3.8, 4) is 34.4 Å². The first kappa shape index (κ1) is 38.4. The molecule has 0 saturated heterocycles. The molecule has 0 fully saturated rings. The number of hydrogen-bond donors (Lipinski definition) is 0.